The zero-order chi connectivity index (χ0) is 19.4. The summed E-state index contributed by atoms with van der Waals surface area (Å²) in [6.45, 7) is 1.42. The SMILES string of the molecule is Cc1cc(=O)c(OCC(=O)Nc2cccc(C(=O)c3nccn3C)c2)c[nH]1. The number of nitrogens with one attached hydrogen (secondary N) is 2. The number of anilines is 1. The van der Waals surface area contributed by atoms with Crippen molar-refractivity contribution in [2.45, 2.75) is 6.92 Å². The number of pyridine rings is 1. The van der Waals surface area contributed by atoms with E-state index in [1.54, 1.807) is 55.2 Å². The molecule has 8 heteroatoms. The summed E-state index contributed by atoms with van der Waals surface area (Å²) < 4.78 is 6.87. The predicted molar refractivity (Wildman–Crippen MR) is 99.0 cm³/mol. The van der Waals surface area contributed by atoms with Gasteiger partial charge in [-0.25, -0.2) is 4.98 Å². The van der Waals surface area contributed by atoms with Crippen LogP contribution >= 0.6 is 0 Å². The molecule has 0 fully saturated rings. The molecular formula is C19H18N4O4. The number of aromatic amines is 1. The first-order valence-corrected chi connectivity index (χ1v) is 8.18. The molecule has 3 aromatic rings. The van der Waals surface area contributed by atoms with Crippen molar-refractivity contribution in [1.29, 1.82) is 0 Å². The van der Waals surface area contributed by atoms with E-state index in [1.807, 2.05) is 0 Å². The lowest BCUT2D eigenvalue weighted by Crippen LogP contribution is -2.22. The van der Waals surface area contributed by atoms with Gasteiger partial charge in [-0.2, -0.15) is 0 Å². The predicted octanol–water partition coefficient (Wildman–Crippen LogP) is 1.67. The summed E-state index contributed by atoms with van der Waals surface area (Å²) in [5.74, 6) is -0.326. The number of rotatable bonds is 6. The molecule has 0 radical (unpaired) electrons. The van der Waals surface area contributed by atoms with Crippen molar-refractivity contribution in [1.82, 2.24) is 14.5 Å². The van der Waals surface area contributed by atoms with E-state index >= 15 is 0 Å². The Labute approximate surface area is 154 Å². The van der Waals surface area contributed by atoms with Crippen molar-refractivity contribution in [3.05, 3.63) is 76.2 Å². The number of amides is 1. The third-order valence-corrected chi connectivity index (χ3v) is 3.81. The first-order valence-electron chi connectivity index (χ1n) is 8.18. The fourth-order valence-corrected chi connectivity index (χ4v) is 2.46. The maximum absolute atomic E-state index is 12.5. The highest BCUT2D eigenvalue weighted by molar-refractivity contribution is 6.07. The maximum Gasteiger partial charge on any atom is 0.262 e. The Hall–Kier alpha value is -3.68. The Bertz CT molecular complexity index is 1050. The number of ether oxygens (including phenoxy) is 1. The number of hydrogen-bond acceptors (Lipinski definition) is 5. The van der Waals surface area contributed by atoms with Gasteiger partial charge in [0.2, 0.25) is 11.2 Å². The highest BCUT2D eigenvalue weighted by Gasteiger charge is 2.14. The molecule has 0 spiro atoms. The summed E-state index contributed by atoms with van der Waals surface area (Å²) in [6, 6.07) is 7.92. The van der Waals surface area contributed by atoms with E-state index in [0.29, 0.717) is 22.8 Å². The number of hydrogen-bond donors (Lipinski definition) is 2. The molecule has 0 aliphatic heterocycles. The van der Waals surface area contributed by atoms with E-state index < -0.39 is 5.91 Å². The molecule has 0 unspecified atom stereocenters. The Morgan fingerprint density at radius 1 is 1.30 bits per heavy atom. The smallest absolute Gasteiger partial charge is 0.262 e. The molecule has 2 N–H and O–H groups in total. The normalized spacial score (nSPS) is 10.4. The van der Waals surface area contributed by atoms with Gasteiger partial charge in [0.15, 0.2) is 18.2 Å². The molecule has 8 nitrogen and oxygen atoms in total. The third-order valence-electron chi connectivity index (χ3n) is 3.81. The van der Waals surface area contributed by atoms with Gasteiger partial charge in [-0.1, -0.05) is 12.1 Å². The van der Waals surface area contributed by atoms with Crippen LogP contribution in [0, 0.1) is 6.92 Å². The lowest BCUT2D eigenvalue weighted by molar-refractivity contribution is -0.118. The summed E-state index contributed by atoms with van der Waals surface area (Å²) in [6.07, 6.45) is 4.64. The Kier molecular flexibility index (Phi) is 5.16. The number of imidazole rings is 1. The number of aromatic nitrogens is 3. The van der Waals surface area contributed by atoms with Crippen LogP contribution in [-0.4, -0.2) is 32.8 Å². The molecule has 0 atom stereocenters. The molecule has 0 aliphatic carbocycles. The van der Waals surface area contributed by atoms with Crippen molar-refractivity contribution >= 4 is 17.4 Å². The molecule has 0 aliphatic rings. The number of benzene rings is 1. The number of H-pyrrole nitrogens is 1. The van der Waals surface area contributed by atoms with E-state index in [0.717, 1.165) is 0 Å². The zero-order valence-corrected chi connectivity index (χ0v) is 14.9. The second kappa shape index (κ2) is 7.69. The first kappa shape index (κ1) is 18.1. The molecule has 1 amide bonds. The quantitative estimate of drug-likeness (QED) is 0.646. The summed E-state index contributed by atoms with van der Waals surface area (Å²) in [4.78, 5) is 43.2. The van der Waals surface area contributed by atoms with Gasteiger partial charge < -0.3 is 19.6 Å². The summed E-state index contributed by atoms with van der Waals surface area (Å²) >= 11 is 0. The van der Waals surface area contributed by atoms with Gasteiger partial charge in [-0.15, -0.1) is 0 Å². The van der Waals surface area contributed by atoms with E-state index in [4.69, 9.17) is 4.74 Å². The van der Waals surface area contributed by atoms with Crippen LogP contribution in [0.5, 0.6) is 5.75 Å². The molecule has 2 aromatic heterocycles. The van der Waals surface area contributed by atoms with Crippen LogP contribution in [0.25, 0.3) is 0 Å². The standard InChI is InChI=1S/C19H18N4O4/c1-12-8-15(24)16(10-21-12)27-11-17(25)22-14-5-3-4-13(9-14)18(26)19-20-6-7-23(19)2/h3-10H,11H2,1-2H3,(H,21,24)(H,22,25). The number of carbonyl (C=O) groups excluding carboxylic acids is 2. The van der Waals surface area contributed by atoms with Crippen molar-refractivity contribution in [2.24, 2.45) is 7.05 Å². The highest BCUT2D eigenvalue weighted by atomic mass is 16.5. The second-order valence-electron chi connectivity index (χ2n) is 5.95. The van der Waals surface area contributed by atoms with E-state index in [1.165, 1.54) is 12.3 Å². The number of carbonyl (C=O) groups is 2. The molecule has 2 heterocycles. The minimum absolute atomic E-state index is 0.0643. The first-order chi connectivity index (χ1) is 12.9. The van der Waals surface area contributed by atoms with Gasteiger partial charge in [0.25, 0.3) is 5.91 Å². The average molecular weight is 366 g/mol. The fourth-order valence-electron chi connectivity index (χ4n) is 2.46. The van der Waals surface area contributed by atoms with Crippen LogP contribution in [-0.2, 0) is 11.8 Å². The van der Waals surface area contributed by atoms with Crippen molar-refractivity contribution in [3.8, 4) is 5.75 Å². The van der Waals surface area contributed by atoms with Crippen LogP contribution in [0.4, 0.5) is 5.69 Å². The topological polar surface area (TPSA) is 106 Å². The molecule has 1 aromatic carbocycles. The zero-order valence-electron chi connectivity index (χ0n) is 14.9. The van der Waals surface area contributed by atoms with E-state index in [-0.39, 0.29) is 23.6 Å². The van der Waals surface area contributed by atoms with Gasteiger partial charge in [0, 0.05) is 48.6 Å². The highest BCUT2D eigenvalue weighted by Crippen LogP contribution is 2.14. The van der Waals surface area contributed by atoms with Crippen molar-refractivity contribution in [2.75, 3.05) is 11.9 Å². The van der Waals surface area contributed by atoms with Crippen LogP contribution in [0.1, 0.15) is 21.9 Å². The minimum atomic E-state index is -0.448. The Morgan fingerprint density at radius 2 is 2.11 bits per heavy atom. The van der Waals surface area contributed by atoms with E-state index in [9.17, 15) is 14.4 Å². The van der Waals surface area contributed by atoms with Crippen molar-refractivity contribution in [3.63, 3.8) is 0 Å². The van der Waals surface area contributed by atoms with E-state index in [2.05, 4.69) is 15.3 Å². The van der Waals surface area contributed by atoms with Gasteiger partial charge in [0.1, 0.15) is 0 Å². The monoisotopic (exact) mass is 366 g/mol. The molecule has 27 heavy (non-hydrogen) atoms. The fraction of sp³-hybridized carbons (Fsp3) is 0.158. The van der Waals surface area contributed by atoms with Crippen LogP contribution in [0.3, 0.4) is 0 Å². The largest absolute Gasteiger partial charge is 0.478 e. The van der Waals surface area contributed by atoms with Gasteiger partial charge in [-0.05, 0) is 19.1 Å². The number of ketones is 1. The molecule has 0 saturated heterocycles. The molecule has 138 valence electrons. The minimum Gasteiger partial charge on any atom is -0.478 e. The van der Waals surface area contributed by atoms with Crippen LogP contribution < -0.4 is 15.5 Å². The second-order valence-corrected chi connectivity index (χ2v) is 5.95. The third kappa shape index (κ3) is 4.30. The summed E-state index contributed by atoms with van der Waals surface area (Å²) in [7, 11) is 1.73. The number of aryl methyl sites for hydroxylation is 2. The summed E-state index contributed by atoms with van der Waals surface area (Å²) in [5.41, 5.74) is 1.24. The van der Waals surface area contributed by atoms with Gasteiger partial charge >= 0.3 is 0 Å². The van der Waals surface area contributed by atoms with Crippen LogP contribution in [0.15, 0.2) is 53.7 Å². The number of nitrogens with zero attached hydrogens (tertiary/aromatic N) is 2. The lowest BCUT2D eigenvalue weighted by Gasteiger charge is -2.08. The average Bonchev–Trinajstić information content (AvgIpc) is 3.06. The van der Waals surface area contributed by atoms with Crippen molar-refractivity contribution < 1.29 is 14.3 Å². The maximum atomic E-state index is 12.5. The van der Waals surface area contributed by atoms with Gasteiger partial charge in [0.05, 0.1) is 0 Å². The summed E-state index contributed by atoms with van der Waals surface area (Å²) in [5, 5.41) is 2.64. The van der Waals surface area contributed by atoms with Crippen LogP contribution in [0.2, 0.25) is 0 Å². The van der Waals surface area contributed by atoms with Gasteiger partial charge in [-0.3, -0.25) is 14.4 Å². The Morgan fingerprint density at radius 3 is 2.81 bits per heavy atom. The molecular weight excluding hydrogens is 348 g/mol. The molecule has 0 bridgehead atoms. The lowest BCUT2D eigenvalue weighted by atomic mass is 10.1. The molecule has 3 rings (SSSR count). The molecule has 0 saturated carbocycles. The Balaban J connectivity index is 1.65.